The van der Waals surface area contributed by atoms with Crippen molar-refractivity contribution in [2.24, 2.45) is 0 Å². The highest BCUT2D eigenvalue weighted by atomic mass is 16.3. The molecule has 0 radical (unpaired) electrons. The lowest BCUT2D eigenvalue weighted by Crippen LogP contribution is -1.90. The Balaban J connectivity index is 1.82. The fourth-order valence-electron chi connectivity index (χ4n) is 3.49. The molecule has 0 aliphatic carbocycles. The lowest BCUT2D eigenvalue weighted by atomic mass is 9.97. The summed E-state index contributed by atoms with van der Waals surface area (Å²) in [4.78, 5) is 4.45. The van der Waals surface area contributed by atoms with Crippen molar-refractivity contribution in [3.05, 3.63) is 90.1 Å². The van der Waals surface area contributed by atoms with Crippen LogP contribution >= 0.6 is 0 Å². The third kappa shape index (κ3) is 2.53. The second-order valence-corrected chi connectivity index (χ2v) is 6.44. The molecule has 0 saturated carbocycles. The van der Waals surface area contributed by atoms with E-state index in [-0.39, 0.29) is 11.1 Å². The van der Waals surface area contributed by atoms with E-state index in [0.717, 1.165) is 5.56 Å². The Hall–Kier alpha value is -3.39. The van der Waals surface area contributed by atoms with Crippen molar-refractivity contribution in [2.45, 2.75) is 13.7 Å². The van der Waals surface area contributed by atoms with Crippen LogP contribution in [0.25, 0.3) is 44.3 Å². The van der Waals surface area contributed by atoms with Gasteiger partial charge in [0.25, 0.3) is 0 Å². The Morgan fingerprint density at radius 2 is 1.63 bits per heavy atom. The zero-order chi connectivity index (χ0) is 23.4. The molecular weight excluding hydrogens is 330 g/mol. The van der Waals surface area contributed by atoms with Crippen molar-refractivity contribution < 1.29 is 12.6 Å². The van der Waals surface area contributed by atoms with Crippen LogP contribution in [-0.4, -0.2) is 4.98 Å². The molecule has 0 aliphatic heterocycles. The van der Waals surface area contributed by atoms with E-state index in [0.29, 0.717) is 38.8 Å². The highest BCUT2D eigenvalue weighted by molar-refractivity contribution is 6.11. The van der Waals surface area contributed by atoms with Crippen molar-refractivity contribution in [3.63, 3.8) is 0 Å². The number of rotatable bonds is 2. The molecule has 0 aliphatic rings. The predicted octanol–water partition coefficient (Wildman–Crippen LogP) is 6.93. The van der Waals surface area contributed by atoms with E-state index in [1.165, 1.54) is 6.20 Å². The van der Waals surface area contributed by atoms with E-state index >= 15 is 0 Å². The third-order valence-corrected chi connectivity index (χ3v) is 4.79. The Kier molecular flexibility index (Phi) is 2.41. The summed E-state index contributed by atoms with van der Waals surface area (Å²) >= 11 is 0. The monoisotopic (exact) mass is 355 g/mol. The topological polar surface area (TPSA) is 26.0 Å². The molecule has 2 aromatic heterocycles. The zero-order valence-electron chi connectivity index (χ0n) is 20.4. The van der Waals surface area contributed by atoms with E-state index in [9.17, 15) is 0 Å². The number of furan rings is 1. The van der Waals surface area contributed by atoms with Crippen LogP contribution in [0.15, 0.2) is 83.4 Å². The summed E-state index contributed by atoms with van der Waals surface area (Å²) in [5.74, 6) is 0. The summed E-state index contributed by atoms with van der Waals surface area (Å²) in [7, 11) is 0. The van der Waals surface area contributed by atoms with Gasteiger partial charge >= 0.3 is 0 Å². The first kappa shape index (κ1) is 10.7. The van der Waals surface area contributed by atoms with Gasteiger partial charge in [-0.25, -0.2) is 0 Å². The first-order valence-corrected chi connectivity index (χ1v) is 8.65. The van der Waals surface area contributed by atoms with Gasteiger partial charge in [-0.05, 0) is 54.2 Å². The number of pyridine rings is 1. The molecule has 130 valence electrons. The van der Waals surface area contributed by atoms with Crippen LogP contribution in [0.1, 0.15) is 19.4 Å². The Labute approximate surface area is 166 Å². The molecule has 0 amide bonds. The fraction of sp³-hybridized carbons (Fsp3) is 0.0800. The second kappa shape index (κ2) is 6.10. The van der Waals surface area contributed by atoms with Gasteiger partial charge in [0.15, 0.2) is 0 Å². The van der Waals surface area contributed by atoms with Crippen molar-refractivity contribution in [1.82, 2.24) is 4.98 Å². The van der Waals surface area contributed by atoms with Gasteiger partial charge in [0, 0.05) is 30.8 Å². The van der Waals surface area contributed by atoms with E-state index in [2.05, 4.69) is 4.98 Å². The average Bonchev–Trinajstić information content (AvgIpc) is 3.17. The van der Waals surface area contributed by atoms with Gasteiger partial charge in [-0.1, -0.05) is 54.6 Å². The highest BCUT2D eigenvalue weighted by Gasteiger charge is 2.16. The molecule has 2 heterocycles. The quantitative estimate of drug-likeness (QED) is 0.343. The average molecular weight is 355 g/mol. The minimum absolute atomic E-state index is 0.150. The molecule has 0 bridgehead atoms. The van der Waals surface area contributed by atoms with Crippen molar-refractivity contribution in [1.29, 1.82) is 0 Å². The molecule has 0 fully saturated rings. The number of aromatic nitrogens is 1. The second-order valence-electron chi connectivity index (χ2n) is 6.44. The molecule has 2 heteroatoms. The summed E-state index contributed by atoms with van der Waals surface area (Å²) in [6.45, 7) is -4.66. The van der Waals surface area contributed by atoms with Gasteiger partial charge in [0.2, 0.25) is 0 Å². The Morgan fingerprint density at radius 3 is 2.48 bits per heavy atom. The van der Waals surface area contributed by atoms with E-state index < -0.39 is 13.7 Å². The van der Waals surface area contributed by atoms with Crippen LogP contribution < -0.4 is 0 Å². The van der Waals surface area contributed by atoms with Gasteiger partial charge in [-0.3, -0.25) is 4.98 Å². The Bertz CT molecular complexity index is 1480. The number of aryl methyl sites for hydroxylation is 2. The van der Waals surface area contributed by atoms with Gasteiger partial charge in [-0.2, -0.15) is 0 Å². The lowest BCUT2D eigenvalue weighted by molar-refractivity contribution is 0.669. The minimum Gasteiger partial charge on any atom is -0.455 e. The summed E-state index contributed by atoms with van der Waals surface area (Å²) in [5, 5.41) is 1.23. The largest absolute Gasteiger partial charge is 0.455 e. The molecule has 3 aromatic carbocycles. The van der Waals surface area contributed by atoms with Crippen LogP contribution in [-0.2, 0) is 0 Å². The summed E-state index contributed by atoms with van der Waals surface area (Å²) < 4.78 is 54.0. The van der Waals surface area contributed by atoms with E-state index in [1.54, 1.807) is 24.3 Å². The first-order valence-electron chi connectivity index (χ1n) is 11.7. The molecule has 0 atom stereocenters. The van der Waals surface area contributed by atoms with Gasteiger partial charge in [0.1, 0.15) is 11.2 Å². The molecule has 0 spiro atoms. The number of nitrogens with zero attached hydrogens (tertiary/aromatic N) is 1. The van der Waals surface area contributed by atoms with Crippen LogP contribution in [0, 0.1) is 13.7 Å². The number of para-hydroxylation sites is 1. The molecule has 0 N–H and O–H groups in total. The van der Waals surface area contributed by atoms with E-state index in [1.807, 2.05) is 48.5 Å². The lowest BCUT2D eigenvalue weighted by Gasteiger charge is -2.10. The van der Waals surface area contributed by atoms with Gasteiger partial charge in [-0.15, -0.1) is 0 Å². The normalized spacial score (nSPS) is 15.6. The Morgan fingerprint density at radius 1 is 0.815 bits per heavy atom. The number of fused-ring (bicyclic) bond motifs is 3. The maximum absolute atomic E-state index is 8.00. The summed E-state index contributed by atoms with van der Waals surface area (Å²) in [5.41, 5.74) is 3.75. The van der Waals surface area contributed by atoms with Gasteiger partial charge < -0.3 is 4.42 Å². The summed E-state index contributed by atoms with van der Waals surface area (Å²) in [6.07, 6.45) is 1.37. The molecular formula is C25H19NO. The first-order chi connectivity index (χ1) is 15.6. The van der Waals surface area contributed by atoms with Gasteiger partial charge in [0.05, 0.1) is 5.69 Å². The molecule has 2 nitrogen and oxygen atoms in total. The maximum atomic E-state index is 8.00. The number of benzene rings is 3. The van der Waals surface area contributed by atoms with Crippen LogP contribution in [0.2, 0.25) is 0 Å². The SMILES string of the molecule is [2H]C([2H])([2H])c1cnc(-c2ccc(C([2H])([2H])[2H])c3c2oc2ccccc23)cc1-c1ccccc1. The van der Waals surface area contributed by atoms with Crippen molar-refractivity contribution >= 4 is 21.9 Å². The fourth-order valence-corrected chi connectivity index (χ4v) is 3.49. The van der Waals surface area contributed by atoms with Crippen LogP contribution in [0.4, 0.5) is 0 Å². The number of hydrogen-bond donors (Lipinski definition) is 0. The molecule has 0 saturated heterocycles. The van der Waals surface area contributed by atoms with E-state index in [4.69, 9.17) is 12.6 Å². The molecule has 0 unspecified atom stereocenters. The zero-order valence-corrected chi connectivity index (χ0v) is 14.4. The van der Waals surface area contributed by atoms with Crippen molar-refractivity contribution in [2.75, 3.05) is 0 Å². The standard InChI is InChI=1S/C25H19NO/c1-16-12-13-19(25-24(16)20-10-6-7-11-23(20)27-25)22-14-21(17(2)15-26-22)18-8-4-3-5-9-18/h3-15H,1-2H3/i1D3,2D3. The third-order valence-electron chi connectivity index (χ3n) is 4.79. The smallest absolute Gasteiger partial charge is 0.145 e. The number of hydrogen-bond acceptors (Lipinski definition) is 2. The molecule has 5 aromatic rings. The highest BCUT2D eigenvalue weighted by Crippen LogP contribution is 2.38. The van der Waals surface area contributed by atoms with Crippen LogP contribution in [0.5, 0.6) is 0 Å². The summed E-state index contributed by atoms with van der Waals surface area (Å²) in [6, 6.07) is 21.5. The maximum Gasteiger partial charge on any atom is 0.145 e. The molecule has 5 rings (SSSR count). The van der Waals surface area contributed by atoms with Crippen molar-refractivity contribution in [3.8, 4) is 22.4 Å². The minimum atomic E-state index is -2.34. The predicted molar refractivity (Wildman–Crippen MR) is 112 cm³/mol. The van der Waals surface area contributed by atoms with Crippen LogP contribution in [0.3, 0.4) is 0 Å². The molecule has 27 heavy (non-hydrogen) atoms.